The van der Waals surface area contributed by atoms with E-state index >= 15 is 0 Å². The second-order valence-corrected chi connectivity index (χ2v) is 8.88. The van der Waals surface area contributed by atoms with E-state index in [1.54, 1.807) is 31.2 Å². The van der Waals surface area contributed by atoms with Crippen molar-refractivity contribution < 1.29 is 32.6 Å². The smallest absolute Gasteiger partial charge is 0.417 e. The summed E-state index contributed by atoms with van der Waals surface area (Å²) in [4.78, 5) is 12.8. The summed E-state index contributed by atoms with van der Waals surface area (Å²) in [5.74, 6) is -1.57. The molecule has 0 radical (unpaired) electrons. The summed E-state index contributed by atoms with van der Waals surface area (Å²) < 4.78 is 54.2. The highest BCUT2D eigenvalue weighted by atomic mass is 35.5. The van der Waals surface area contributed by atoms with Crippen molar-refractivity contribution in [2.45, 2.75) is 49.9 Å². The van der Waals surface area contributed by atoms with E-state index in [0.717, 1.165) is 0 Å². The molecule has 4 nitrogen and oxygen atoms in total. The van der Waals surface area contributed by atoms with Crippen molar-refractivity contribution in [2.24, 2.45) is 0 Å². The topological polar surface area (TPSA) is 69.6 Å². The molecule has 1 heterocycles. The third-order valence-corrected chi connectivity index (χ3v) is 6.72. The van der Waals surface area contributed by atoms with Gasteiger partial charge in [0.15, 0.2) is 5.60 Å². The van der Waals surface area contributed by atoms with Crippen LogP contribution in [0.1, 0.15) is 36.8 Å². The van der Waals surface area contributed by atoms with Crippen molar-refractivity contribution in [2.75, 3.05) is 0 Å². The van der Waals surface area contributed by atoms with Crippen LogP contribution in [0.25, 0.3) is 16.7 Å². The van der Waals surface area contributed by atoms with Gasteiger partial charge in [0.25, 0.3) is 5.91 Å². The highest BCUT2D eigenvalue weighted by Gasteiger charge is 2.60. The molecule has 3 N–H and O–H groups in total. The molecule has 0 unspecified atom stereocenters. The maximum absolute atomic E-state index is 14.7. The van der Waals surface area contributed by atoms with Gasteiger partial charge in [-0.05, 0) is 73.6 Å². The first-order valence-electron chi connectivity index (χ1n) is 9.99. The maximum Gasteiger partial charge on any atom is 0.417 e. The van der Waals surface area contributed by atoms with Crippen LogP contribution in [-0.2, 0) is 4.79 Å². The molecule has 4 rings (SSSR count). The van der Waals surface area contributed by atoms with Gasteiger partial charge in [0.2, 0.25) is 0 Å². The average molecular weight is 470 g/mol. The molecule has 170 valence electrons. The molecule has 2 aliphatic rings. The largest absolute Gasteiger partial charge is 0.509 e. The third kappa shape index (κ3) is 3.55. The van der Waals surface area contributed by atoms with Gasteiger partial charge >= 0.3 is 6.18 Å². The van der Waals surface area contributed by atoms with Crippen molar-refractivity contribution >= 4 is 23.1 Å². The normalized spacial score (nSPS) is 26.0. The standard InChI is InChI=1S/C23H20ClF4NO3/c1-12-10-17(25)16(13-2-4-14(24)5-3-13)11-15(12)18-19(30)21(29-20(18)31)6-8-22(32,9-7-21)23(26,27)28/h2-5,10-11,30,32H,6-9H2,1H3,(H,29,31)/t21-,22+. The summed E-state index contributed by atoms with van der Waals surface area (Å²) >= 11 is 5.89. The Labute approximate surface area is 186 Å². The van der Waals surface area contributed by atoms with Crippen LogP contribution in [0.4, 0.5) is 17.6 Å². The molecule has 2 aromatic carbocycles. The molecule has 0 aromatic heterocycles. The fourth-order valence-corrected chi connectivity index (χ4v) is 4.59. The minimum absolute atomic E-state index is 0.102. The number of benzene rings is 2. The van der Waals surface area contributed by atoms with Crippen LogP contribution in [0.5, 0.6) is 0 Å². The summed E-state index contributed by atoms with van der Waals surface area (Å²) in [5.41, 5.74) is -3.00. The number of carbonyl (C=O) groups excluding carboxylic acids is 1. The molecule has 9 heteroatoms. The van der Waals surface area contributed by atoms with Crippen molar-refractivity contribution in [3.8, 4) is 11.1 Å². The first-order chi connectivity index (χ1) is 14.9. The Kier molecular flexibility index (Phi) is 5.29. The van der Waals surface area contributed by atoms with Gasteiger partial charge in [-0.1, -0.05) is 23.7 Å². The van der Waals surface area contributed by atoms with Gasteiger partial charge in [0, 0.05) is 10.6 Å². The van der Waals surface area contributed by atoms with E-state index in [9.17, 15) is 32.6 Å². The van der Waals surface area contributed by atoms with Crippen LogP contribution < -0.4 is 5.32 Å². The Morgan fingerprint density at radius 3 is 2.19 bits per heavy atom. The van der Waals surface area contributed by atoms with E-state index in [2.05, 4.69) is 5.32 Å². The second kappa shape index (κ2) is 7.49. The number of carbonyl (C=O) groups is 1. The average Bonchev–Trinajstić information content (AvgIpc) is 2.95. The summed E-state index contributed by atoms with van der Waals surface area (Å²) in [6, 6.07) is 9.09. The molecule has 1 aliphatic carbocycles. The van der Waals surface area contributed by atoms with E-state index in [1.165, 1.54) is 12.1 Å². The lowest BCUT2D eigenvalue weighted by molar-refractivity contribution is -0.272. The summed E-state index contributed by atoms with van der Waals surface area (Å²) in [6.07, 6.45) is -6.69. The Hall–Kier alpha value is -2.58. The SMILES string of the molecule is Cc1cc(F)c(-c2ccc(Cl)cc2)cc1C1=C(O)[C@]2(CC[C@@](O)(C(F)(F)F)CC2)NC1=O. The zero-order valence-corrected chi connectivity index (χ0v) is 17.7. The number of aryl methyl sites for hydroxylation is 1. The molecule has 0 bridgehead atoms. The van der Waals surface area contributed by atoms with E-state index in [0.29, 0.717) is 16.1 Å². The zero-order chi connectivity index (χ0) is 23.5. The van der Waals surface area contributed by atoms with E-state index < -0.39 is 41.9 Å². The summed E-state index contributed by atoms with van der Waals surface area (Å²) in [6.45, 7) is 1.58. The number of aliphatic hydroxyl groups is 2. The van der Waals surface area contributed by atoms with Crippen LogP contribution in [0.15, 0.2) is 42.2 Å². The van der Waals surface area contributed by atoms with Gasteiger partial charge in [-0.2, -0.15) is 13.2 Å². The van der Waals surface area contributed by atoms with Crippen molar-refractivity contribution in [3.63, 3.8) is 0 Å². The van der Waals surface area contributed by atoms with Crippen LogP contribution in [-0.4, -0.2) is 33.4 Å². The number of amides is 1. The molecule has 2 aromatic rings. The molecule has 1 saturated carbocycles. The molecule has 1 spiro atoms. The molecule has 0 saturated heterocycles. The van der Waals surface area contributed by atoms with Gasteiger partial charge in [-0.25, -0.2) is 4.39 Å². The van der Waals surface area contributed by atoms with Crippen LogP contribution >= 0.6 is 11.6 Å². The second-order valence-electron chi connectivity index (χ2n) is 8.44. The monoisotopic (exact) mass is 469 g/mol. The van der Waals surface area contributed by atoms with Gasteiger partial charge in [-0.3, -0.25) is 4.79 Å². The number of rotatable bonds is 2. The molecule has 32 heavy (non-hydrogen) atoms. The van der Waals surface area contributed by atoms with Gasteiger partial charge in [0.05, 0.1) is 11.1 Å². The highest BCUT2D eigenvalue weighted by molar-refractivity contribution is 6.30. The van der Waals surface area contributed by atoms with Crippen molar-refractivity contribution in [1.29, 1.82) is 0 Å². The maximum atomic E-state index is 14.7. The lowest BCUT2D eigenvalue weighted by Crippen LogP contribution is -2.56. The number of hydrogen-bond donors (Lipinski definition) is 3. The van der Waals surface area contributed by atoms with E-state index in [4.69, 9.17) is 11.6 Å². The lowest BCUT2D eigenvalue weighted by Gasteiger charge is -2.42. The molecule has 1 aliphatic heterocycles. The Morgan fingerprint density at radius 1 is 1.03 bits per heavy atom. The predicted octanol–water partition coefficient (Wildman–Crippen LogP) is 5.46. The van der Waals surface area contributed by atoms with Crippen LogP contribution in [0, 0.1) is 12.7 Å². The van der Waals surface area contributed by atoms with E-state index in [1.807, 2.05) is 0 Å². The van der Waals surface area contributed by atoms with E-state index in [-0.39, 0.29) is 35.3 Å². The minimum atomic E-state index is -4.81. The predicted molar refractivity (Wildman–Crippen MR) is 111 cm³/mol. The third-order valence-electron chi connectivity index (χ3n) is 6.47. The molecule has 1 fully saturated rings. The highest BCUT2D eigenvalue weighted by Crippen LogP contribution is 2.49. The summed E-state index contributed by atoms with van der Waals surface area (Å²) in [7, 11) is 0. The molecule has 1 amide bonds. The van der Waals surface area contributed by atoms with Crippen molar-refractivity contribution in [3.05, 3.63) is 64.1 Å². The Bertz CT molecular complexity index is 1120. The number of nitrogens with one attached hydrogen (secondary N) is 1. The van der Waals surface area contributed by atoms with Gasteiger partial charge in [0.1, 0.15) is 11.6 Å². The Morgan fingerprint density at radius 2 is 1.62 bits per heavy atom. The van der Waals surface area contributed by atoms with Gasteiger partial charge in [-0.15, -0.1) is 0 Å². The Balaban J connectivity index is 1.75. The van der Waals surface area contributed by atoms with Gasteiger partial charge < -0.3 is 15.5 Å². The quantitative estimate of drug-likeness (QED) is 0.512. The fourth-order valence-electron chi connectivity index (χ4n) is 4.46. The first kappa shape index (κ1) is 22.6. The number of aliphatic hydroxyl groups excluding tert-OH is 1. The molecular formula is C23H20ClF4NO3. The molecular weight excluding hydrogens is 450 g/mol. The van der Waals surface area contributed by atoms with Crippen LogP contribution in [0.3, 0.4) is 0 Å². The number of alkyl halides is 3. The number of halogens is 5. The zero-order valence-electron chi connectivity index (χ0n) is 17.0. The molecule has 0 atom stereocenters. The first-order valence-corrected chi connectivity index (χ1v) is 10.4. The number of hydrogen-bond acceptors (Lipinski definition) is 3. The van der Waals surface area contributed by atoms with Crippen molar-refractivity contribution in [1.82, 2.24) is 5.32 Å². The minimum Gasteiger partial charge on any atom is -0.509 e. The summed E-state index contributed by atoms with van der Waals surface area (Å²) in [5, 5.41) is 24.0. The van der Waals surface area contributed by atoms with Crippen LogP contribution in [0.2, 0.25) is 5.02 Å². The fraction of sp³-hybridized carbons (Fsp3) is 0.348. The lowest BCUT2D eigenvalue weighted by atomic mass is 9.73.